The molecule has 1 aromatic carbocycles. The minimum atomic E-state index is -0.0896. The van der Waals surface area contributed by atoms with Crippen LogP contribution in [0.1, 0.15) is 42.0 Å². The van der Waals surface area contributed by atoms with Crippen LogP contribution in [0.3, 0.4) is 0 Å². The lowest BCUT2D eigenvalue weighted by atomic mass is 10.1. The quantitative estimate of drug-likeness (QED) is 0.910. The molecule has 0 fully saturated rings. The van der Waals surface area contributed by atoms with Gasteiger partial charge >= 0.3 is 6.03 Å². The highest BCUT2D eigenvalue weighted by molar-refractivity contribution is 6.31. The molecule has 3 heterocycles. The largest absolute Gasteiger partial charge is 0.331 e. The normalized spacial score (nSPS) is 16.5. The Morgan fingerprint density at radius 1 is 1.21 bits per heavy atom. The van der Waals surface area contributed by atoms with E-state index < -0.39 is 0 Å². The van der Waals surface area contributed by atoms with Crippen LogP contribution in [-0.4, -0.2) is 25.7 Å². The Morgan fingerprint density at radius 2 is 2.12 bits per heavy atom. The molecule has 0 bridgehead atoms. The summed E-state index contributed by atoms with van der Waals surface area (Å²) in [6, 6.07) is 5.72. The number of rotatable bonds is 2. The van der Waals surface area contributed by atoms with Gasteiger partial charge in [0.05, 0.1) is 6.54 Å². The molecule has 7 heteroatoms. The number of carbonyl (C=O) groups is 1. The smallest absolute Gasteiger partial charge is 0.318 e. The Hall–Kier alpha value is -2.08. The number of hydrogen-bond acceptors (Lipinski definition) is 3. The van der Waals surface area contributed by atoms with Crippen molar-refractivity contribution >= 4 is 17.6 Å². The third kappa shape index (κ3) is 2.86. The minimum absolute atomic E-state index is 0.0896. The van der Waals surface area contributed by atoms with Gasteiger partial charge in [0.25, 0.3) is 0 Å². The molecule has 0 saturated carbocycles. The van der Waals surface area contributed by atoms with Crippen molar-refractivity contribution in [1.82, 2.24) is 25.0 Å². The van der Waals surface area contributed by atoms with E-state index in [1.807, 2.05) is 18.2 Å². The van der Waals surface area contributed by atoms with Gasteiger partial charge in [0.15, 0.2) is 5.82 Å². The van der Waals surface area contributed by atoms with Crippen molar-refractivity contribution in [2.45, 2.75) is 51.9 Å². The second-order valence-corrected chi connectivity index (χ2v) is 6.79. The monoisotopic (exact) mass is 345 g/mol. The lowest BCUT2D eigenvalue weighted by Gasteiger charge is -2.16. The van der Waals surface area contributed by atoms with Gasteiger partial charge in [0, 0.05) is 31.1 Å². The first-order valence-electron chi connectivity index (χ1n) is 8.42. The van der Waals surface area contributed by atoms with Crippen molar-refractivity contribution in [3.05, 3.63) is 46.0 Å². The number of nitrogens with zero attached hydrogens (tertiary/aromatic N) is 4. The van der Waals surface area contributed by atoms with Crippen LogP contribution in [0.15, 0.2) is 18.2 Å². The molecule has 126 valence electrons. The van der Waals surface area contributed by atoms with Crippen LogP contribution in [0.4, 0.5) is 4.79 Å². The number of hydrogen-bond donors (Lipinski definition) is 1. The number of aromatic nitrogens is 3. The van der Waals surface area contributed by atoms with E-state index in [2.05, 4.69) is 20.1 Å². The zero-order chi connectivity index (χ0) is 16.5. The van der Waals surface area contributed by atoms with Crippen LogP contribution in [-0.2, 0) is 32.6 Å². The Morgan fingerprint density at radius 3 is 3.00 bits per heavy atom. The summed E-state index contributed by atoms with van der Waals surface area (Å²) < 4.78 is 2.16. The minimum Gasteiger partial charge on any atom is -0.331 e. The van der Waals surface area contributed by atoms with E-state index >= 15 is 0 Å². The molecule has 2 aliphatic rings. The van der Waals surface area contributed by atoms with Gasteiger partial charge in [-0.1, -0.05) is 30.2 Å². The molecular weight excluding hydrogens is 326 g/mol. The predicted octanol–water partition coefficient (Wildman–Crippen LogP) is 2.88. The van der Waals surface area contributed by atoms with Crippen molar-refractivity contribution in [2.75, 3.05) is 0 Å². The summed E-state index contributed by atoms with van der Waals surface area (Å²) >= 11 is 6.21. The summed E-state index contributed by atoms with van der Waals surface area (Å²) in [6.45, 7) is 2.50. The van der Waals surface area contributed by atoms with Gasteiger partial charge in [-0.3, -0.25) is 0 Å². The molecule has 4 rings (SSSR count). The number of nitrogens with one attached hydrogen (secondary N) is 1. The van der Waals surface area contributed by atoms with E-state index in [0.717, 1.165) is 53.6 Å². The molecule has 2 amide bonds. The van der Waals surface area contributed by atoms with Crippen molar-refractivity contribution in [1.29, 1.82) is 0 Å². The Balaban J connectivity index is 1.40. The highest BCUT2D eigenvalue weighted by atomic mass is 35.5. The van der Waals surface area contributed by atoms with E-state index in [0.29, 0.717) is 19.6 Å². The van der Waals surface area contributed by atoms with Crippen molar-refractivity contribution in [3.63, 3.8) is 0 Å². The molecule has 6 nitrogen and oxygen atoms in total. The third-order valence-electron chi connectivity index (χ3n) is 4.80. The summed E-state index contributed by atoms with van der Waals surface area (Å²) in [6.07, 6.45) is 4.51. The van der Waals surface area contributed by atoms with E-state index in [4.69, 9.17) is 11.6 Å². The van der Waals surface area contributed by atoms with Gasteiger partial charge < -0.3 is 14.8 Å². The molecule has 1 N–H and O–H groups in total. The topological polar surface area (TPSA) is 63.1 Å². The lowest BCUT2D eigenvalue weighted by molar-refractivity contribution is 0.197. The van der Waals surface area contributed by atoms with Crippen molar-refractivity contribution in [2.24, 2.45) is 0 Å². The summed E-state index contributed by atoms with van der Waals surface area (Å²) in [5.41, 5.74) is 2.17. The highest BCUT2D eigenvalue weighted by Gasteiger charge is 2.25. The molecule has 1 aromatic heterocycles. The second-order valence-electron chi connectivity index (χ2n) is 6.39. The fourth-order valence-electron chi connectivity index (χ4n) is 3.47. The van der Waals surface area contributed by atoms with Gasteiger partial charge in [0.1, 0.15) is 5.82 Å². The SMILES string of the molecule is O=C(NCc1nnc2n1CCCCC2)N1Cc2cccc(Cl)c2C1. The van der Waals surface area contributed by atoms with E-state index in [9.17, 15) is 4.79 Å². The zero-order valence-corrected chi connectivity index (χ0v) is 14.2. The maximum absolute atomic E-state index is 12.5. The number of urea groups is 1. The van der Waals surface area contributed by atoms with E-state index in [1.54, 1.807) is 4.90 Å². The first kappa shape index (κ1) is 15.4. The van der Waals surface area contributed by atoms with Gasteiger partial charge in [-0.05, 0) is 30.0 Å². The van der Waals surface area contributed by atoms with Crippen LogP contribution in [0.25, 0.3) is 0 Å². The fourth-order valence-corrected chi connectivity index (χ4v) is 3.72. The fraction of sp³-hybridized carbons (Fsp3) is 0.471. The molecule has 0 unspecified atom stereocenters. The summed E-state index contributed by atoms with van der Waals surface area (Å²) in [5.74, 6) is 1.88. The summed E-state index contributed by atoms with van der Waals surface area (Å²) in [7, 11) is 0. The second kappa shape index (κ2) is 6.43. The molecule has 0 spiro atoms. The molecule has 0 radical (unpaired) electrons. The Bertz CT molecular complexity index is 772. The predicted molar refractivity (Wildman–Crippen MR) is 90.5 cm³/mol. The molecule has 2 aromatic rings. The summed E-state index contributed by atoms with van der Waals surface area (Å²) in [4.78, 5) is 14.2. The number of amides is 2. The molecule has 0 atom stereocenters. The van der Waals surface area contributed by atoms with Gasteiger partial charge in [-0.2, -0.15) is 0 Å². The highest BCUT2D eigenvalue weighted by Crippen LogP contribution is 2.28. The number of benzene rings is 1. The van der Waals surface area contributed by atoms with Crippen molar-refractivity contribution < 1.29 is 4.79 Å². The number of fused-ring (bicyclic) bond motifs is 2. The third-order valence-corrected chi connectivity index (χ3v) is 5.15. The molecule has 0 aliphatic carbocycles. The first-order chi connectivity index (χ1) is 11.7. The van der Waals surface area contributed by atoms with E-state index in [-0.39, 0.29) is 6.03 Å². The number of carbonyl (C=O) groups excluding carboxylic acids is 1. The van der Waals surface area contributed by atoms with Crippen molar-refractivity contribution in [3.8, 4) is 0 Å². The van der Waals surface area contributed by atoms with E-state index in [1.165, 1.54) is 6.42 Å². The van der Waals surface area contributed by atoms with Gasteiger partial charge in [-0.25, -0.2) is 4.79 Å². The molecule has 0 saturated heterocycles. The standard InChI is InChI=1S/C17H20ClN5O/c18-14-6-4-5-12-10-22(11-13(12)14)17(24)19-9-16-21-20-15-7-2-1-3-8-23(15)16/h4-6H,1-3,7-11H2,(H,19,24). The van der Waals surface area contributed by atoms with Crippen LogP contribution >= 0.6 is 11.6 Å². The maximum Gasteiger partial charge on any atom is 0.318 e. The van der Waals surface area contributed by atoms with Gasteiger partial charge in [0.2, 0.25) is 0 Å². The van der Waals surface area contributed by atoms with Gasteiger partial charge in [-0.15, -0.1) is 10.2 Å². The van der Waals surface area contributed by atoms with Crippen LogP contribution in [0, 0.1) is 0 Å². The Labute approximate surface area is 145 Å². The average molecular weight is 346 g/mol. The average Bonchev–Trinajstić information content (AvgIpc) is 3.11. The lowest BCUT2D eigenvalue weighted by Crippen LogP contribution is -2.36. The Kier molecular flexibility index (Phi) is 4.14. The number of halogens is 1. The summed E-state index contributed by atoms with van der Waals surface area (Å²) in [5, 5.41) is 12.2. The molecular formula is C17H20ClN5O. The van der Waals surface area contributed by atoms with Crippen LogP contribution < -0.4 is 5.32 Å². The number of aryl methyl sites for hydroxylation is 1. The first-order valence-corrected chi connectivity index (χ1v) is 8.80. The molecule has 24 heavy (non-hydrogen) atoms. The van der Waals surface area contributed by atoms with Crippen LogP contribution in [0.5, 0.6) is 0 Å². The maximum atomic E-state index is 12.5. The molecule has 2 aliphatic heterocycles. The zero-order valence-electron chi connectivity index (χ0n) is 13.5. The van der Waals surface area contributed by atoms with Crippen LogP contribution in [0.2, 0.25) is 5.02 Å².